The Bertz CT molecular complexity index is 1040. The lowest BCUT2D eigenvalue weighted by Crippen LogP contribution is -2.40. The molecule has 0 spiro atoms. The molecule has 2 amide bonds. The molecule has 5 nitrogen and oxygen atoms in total. The maximum Gasteiger partial charge on any atom is 0.312 e. The molecule has 7 heteroatoms. The smallest absolute Gasteiger partial charge is 0.312 e. The number of aromatic nitrogens is 1. The van der Waals surface area contributed by atoms with Crippen LogP contribution in [-0.2, 0) is 12.8 Å². The summed E-state index contributed by atoms with van der Waals surface area (Å²) in [6.07, 6.45) is 3.33. The number of pyridine rings is 1. The van der Waals surface area contributed by atoms with Crippen molar-refractivity contribution in [3.05, 3.63) is 81.0 Å². The second-order valence-corrected chi connectivity index (χ2v) is 6.79. The predicted octanol–water partition coefficient (Wildman–Crippen LogP) is 3.53. The number of nitrogens with one attached hydrogen (secondary N) is 2. The third-order valence-electron chi connectivity index (χ3n) is 4.47. The largest absolute Gasteiger partial charge is 0.352 e. The van der Waals surface area contributed by atoms with Gasteiger partial charge in [-0.25, -0.2) is 9.18 Å². The number of carbonyl (C=O) groups is 1. The van der Waals surface area contributed by atoms with Crippen LogP contribution in [0.3, 0.4) is 0 Å². The first-order chi connectivity index (χ1) is 12.9. The van der Waals surface area contributed by atoms with Gasteiger partial charge in [-0.1, -0.05) is 35.9 Å². The van der Waals surface area contributed by atoms with E-state index in [0.29, 0.717) is 24.6 Å². The highest BCUT2D eigenvalue weighted by Gasteiger charge is 2.15. The molecule has 0 radical (unpaired) electrons. The minimum Gasteiger partial charge on any atom is -0.352 e. The van der Waals surface area contributed by atoms with Crippen molar-refractivity contribution in [2.45, 2.75) is 25.3 Å². The molecule has 1 aromatic heterocycles. The highest BCUT2D eigenvalue weighted by molar-refractivity contribution is 6.30. The number of halogens is 2. The summed E-state index contributed by atoms with van der Waals surface area (Å²) in [5, 5.41) is 4.24. The molecule has 3 rings (SSSR count). The summed E-state index contributed by atoms with van der Waals surface area (Å²) in [7, 11) is 0. The lowest BCUT2D eigenvalue weighted by molar-refractivity contribution is 0.244. The average molecular weight is 388 g/mol. The van der Waals surface area contributed by atoms with E-state index in [1.807, 2.05) is 12.1 Å². The molecule has 0 fully saturated rings. The number of aryl methyl sites for hydroxylation is 1. The number of primary amides is 1. The molecule has 0 bridgehead atoms. The molecule has 0 saturated carbocycles. The molecule has 27 heavy (non-hydrogen) atoms. The van der Waals surface area contributed by atoms with Crippen LogP contribution in [0.15, 0.2) is 53.5 Å². The molecule has 0 aliphatic carbocycles. The van der Waals surface area contributed by atoms with Gasteiger partial charge in [0.15, 0.2) is 0 Å². The minimum atomic E-state index is -0.620. The van der Waals surface area contributed by atoms with Gasteiger partial charge in [0.2, 0.25) is 0 Å². The number of carbonyl (C=O) groups excluding carboxylic acids is 1. The van der Waals surface area contributed by atoms with E-state index in [9.17, 15) is 14.0 Å². The normalized spacial score (nSPS) is 12.1. The van der Waals surface area contributed by atoms with Crippen molar-refractivity contribution in [1.29, 1.82) is 0 Å². The molecule has 0 aliphatic heterocycles. The van der Waals surface area contributed by atoms with Crippen LogP contribution in [-0.4, -0.2) is 17.1 Å². The van der Waals surface area contributed by atoms with Gasteiger partial charge in [-0.3, -0.25) is 4.79 Å². The van der Waals surface area contributed by atoms with E-state index < -0.39 is 11.8 Å². The first-order valence-electron chi connectivity index (χ1n) is 8.53. The topological polar surface area (TPSA) is 88.0 Å². The summed E-state index contributed by atoms with van der Waals surface area (Å²) >= 11 is 5.82. The average Bonchev–Trinajstić information content (AvgIpc) is 2.64. The highest BCUT2D eigenvalue weighted by atomic mass is 35.5. The number of hydrogen-bond acceptors (Lipinski definition) is 2. The van der Waals surface area contributed by atoms with Crippen molar-refractivity contribution in [2.75, 3.05) is 0 Å². The molecular formula is C20H19ClFN3O2. The van der Waals surface area contributed by atoms with Crippen LogP contribution in [0.5, 0.6) is 0 Å². The molecule has 1 atom stereocenters. The van der Waals surface area contributed by atoms with Gasteiger partial charge in [-0.2, -0.15) is 0 Å². The Kier molecular flexibility index (Phi) is 5.76. The Morgan fingerprint density at radius 1 is 1.22 bits per heavy atom. The number of nitrogens with two attached hydrogens (primary N) is 1. The van der Waals surface area contributed by atoms with E-state index in [4.69, 9.17) is 17.3 Å². The van der Waals surface area contributed by atoms with E-state index in [1.54, 1.807) is 30.5 Å². The third kappa shape index (κ3) is 4.65. The van der Waals surface area contributed by atoms with Crippen molar-refractivity contribution < 1.29 is 9.18 Å². The zero-order chi connectivity index (χ0) is 19.4. The van der Waals surface area contributed by atoms with Crippen LogP contribution in [0.1, 0.15) is 17.5 Å². The van der Waals surface area contributed by atoms with Gasteiger partial charge in [0.05, 0.1) is 5.02 Å². The van der Waals surface area contributed by atoms with Crippen molar-refractivity contribution in [2.24, 2.45) is 5.73 Å². The second-order valence-electron chi connectivity index (χ2n) is 6.39. The summed E-state index contributed by atoms with van der Waals surface area (Å²) in [5.74, 6) is -0.466. The Morgan fingerprint density at radius 3 is 2.67 bits per heavy atom. The molecule has 1 heterocycles. The number of H-pyrrole nitrogens is 1. The molecule has 0 aliphatic rings. The predicted molar refractivity (Wildman–Crippen MR) is 105 cm³/mol. The van der Waals surface area contributed by atoms with Crippen molar-refractivity contribution in [3.63, 3.8) is 0 Å². The van der Waals surface area contributed by atoms with Gasteiger partial charge in [0, 0.05) is 17.6 Å². The van der Waals surface area contributed by atoms with Gasteiger partial charge in [-0.15, -0.1) is 0 Å². The van der Waals surface area contributed by atoms with Crippen molar-refractivity contribution in [1.82, 2.24) is 10.3 Å². The van der Waals surface area contributed by atoms with Crippen LogP contribution in [0.25, 0.3) is 10.8 Å². The maximum absolute atomic E-state index is 13.3. The number of hydrogen-bond donors (Lipinski definition) is 3. The van der Waals surface area contributed by atoms with Gasteiger partial charge in [-0.05, 0) is 54.0 Å². The van der Waals surface area contributed by atoms with Gasteiger partial charge < -0.3 is 16.0 Å². The van der Waals surface area contributed by atoms with E-state index in [2.05, 4.69) is 10.3 Å². The lowest BCUT2D eigenvalue weighted by Gasteiger charge is -2.19. The summed E-state index contributed by atoms with van der Waals surface area (Å²) in [6.45, 7) is 0. The Balaban J connectivity index is 1.81. The molecule has 140 valence electrons. The number of urea groups is 1. The van der Waals surface area contributed by atoms with E-state index >= 15 is 0 Å². The van der Waals surface area contributed by atoms with Crippen LogP contribution < -0.4 is 16.6 Å². The lowest BCUT2D eigenvalue weighted by atomic mass is 9.97. The first-order valence-corrected chi connectivity index (χ1v) is 8.91. The van der Waals surface area contributed by atoms with Crippen LogP contribution >= 0.6 is 11.6 Å². The molecule has 3 aromatic rings. The molecule has 2 aromatic carbocycles. The highest BCUT2D eigenvalue weighted by Crippen LogP contribution is 2.20. The SMILES string of the molecule is NC(=O)NC(CCc1ccc(F)c(Cl)c1)Cc1c[nH]c(=O)c2ccccc12. The molecule has 1 unspecified atom stereocenters. The monoisotopic (exact) mass is 387 g/mol. The van der Waals surface area contributed by atoms with Gasteiger partial charge in [0.1, 0.15) is 5.82 Å². The van der Waals surface area contributed by atoms with Gasteiger partial charge >= 0.3 is 6.03 Å². The quantitative estimate of drug-likeness (QED) is 0.604. The van der Waals surface area contributed by atoms with E-state index in [1.165, 1.54) is 6.07 Å². The van der Waals surface area contributed by atoms with Crippen LogP contribution in [0, 0.1) is 5.82 Å². The summed E-state index contributed by atoms with van der Waals surface area (Å²) in [6, 6.07) is 11.0. The fourth-order valence-electron chi connectivity index (χ4n) is 3.17. The van der Waals surface area contributed by atoms with Crippen LogP contribution in [0.4, 0.5) is 9.18 Å². The Morgan fingerprint density at radius 2 is 1.96 bits per heavy atom. The van der Waals surface area contributed by atoms with Gasteiger partial charge in [0.25, 0.3) is 5.56 Å². The molecule has 4 N–H and O–H groups in total. The Hall–Kier alpha value is -2.86. The number of amides is 2. The number of fused-ring (bicyclic) bond motifs is 1. The standard InChI is InChI=1S/C20H19ClFN3O2/c21-17-9-12(6-8-18(17)22)5-7-14(25-20(23)27)10-13-11-24-19(26)16-4-2-1-3-15(13)16/h1-4,6,8-9,11,14H,5,7,10H2,(H,24,26)(H3,23,25,27). The second kappa shape index (κ2) is 8.22. The summed E-state index contributed by atoms with van der Waals surface area (Å²) < 4.78 is 13.3. The summed E-state index contributed by atoms with van der Waals surface area (Å²) in [4.78, 5) is 26.1. The fourth-order valence-corrected chi connectivity index (χ4v) is 3.37. The van der Waals surface area contributed by atoms with E-state index in [0.717, 1.165) is 16.5 Å². The third-order valence-corrected chi connectivity index (χ3v) is 4.76. The van der Waals surface area contributed by atoms with Crippen molar-refractivity contribution in [3.8, 4) is 0 Å². The molecule has 0 saturated heterocycles. The van der Waals surface area contributed by atoms with Crippen LogP contribution in [0.2, 0.25) is 5.02 Å². The Labute approximate surface area is 160 Å². The van der Waals surface area contributed by atoms with E-state index in [-0.39, 0.29) is 16.6 Å². The number of aromatic amines is 1. The maximum atomic E-state index is 13.3. The minimum absolute atomic E-state index is 0.0681. The number of rotatable bonds is 6. The van der Waals surface area contributed by atoms with Crippen molar-refractivity contribution >= 4 is 28.4 Å². The fraction of sp³-hybridized carbons (Fsp3) is 0.200. The number of benzene rings is 2. The summed E-state index contributed by atoms with van der Waals surface area (Å²) in [5.41, 5.74) is 6.93. The first kappa shape index (κ1) is 18.9. The zero-order valence-electron chi connectivity index (χ0n) is 14.5. The zero-order valence-corrected chi connectivity index (χ0v) is 15.2. The molecular weight excluding hydrogens is 369 g/mol.